The molecule has 0 radical (unpaired) electrons. The highest BCUT2D eigenvalue weighted by Crippen LogP contribution is 2.33. The lowest BCUT2D eigenvalue weighted by atomic mass is 10.0. The van der Waals surface area contributed by atoms with E-state index in [1.54, 1.807) is 30.7 Å². The number of aromatic nitrogens is 4. The minimum Gasteiger partial charge on any atom is -0.360 e. The van der Waals surface area contributed by atoms with Crippen molar-refractivity contribution >= 4 is 11.6 Å². The van der Waals surface area contributed by atoms with E-state index >= 15 is 0 Å². The maximum atomic E-state index is 13.1. The Hall–Kier alpha value is -5.17. The summed E-state index contributed by atoms with van der Waals surface area (Å²) < 4.78 is 0. The van der Waals surface area contributed by atoms with E-state index in [2.05, 4.69) is 43.2 Å². The van der Waals surface area contributed by atoms with Crippen molar-refractivity contribution in [1.82, 2.24) is 29.7 Å². The van der Waals surface area contributed by atoms with Gasteiger partial charge in [-0.05, 0) is 73.1 Å². The third kappa shape index (κ3) is 6.21. The third-order valence-electron chi connectivity index (χ3n) is 7.83. The number of amides is 1. The van der Waals surface area contributed by atoms with Gasteiger partial charge >= 0.3 is 0 Å². The number of rotatable bonds is 7. The van der Waals surface area contributed by atoms with Crippen LogP contribution in [0.4, 0.5) is 5.69 Å². The first-order valence-electron chi connectivity index (χ1n) is 14.3. The van der Waals surface area contributed by atoms with E-state index in [0.29, 0.717) is 29.2 Å². The number of hydrogen-bond acceptors (Lipinski definition) is 7. The van der Waals surface area contributed by atoms with E-state index < -0.39 is 0 Å². The Morgan fingerprint density at radius 3 is 2.58 bits per heavy atom. The van der Waals surface area contributed by atoms with Crippen LogP contribution in [0.2, 0.25) is 0 Å². The van der Waals surface area contributed by atoms with Crippen LogP contribution in [0.25, 0.3) is 33.9 Å². The van der Waals surface area contributed by atoms with Crippen molar-refractivity contribution < 1.29 is 4.79 Å². The van der Waals surface area contributed by atoms with Gasteiger partial charge in [-0.25, -0.2) is 9.97 Å². The highest BCUT2D eigenvalue weighted by molar-refractivity contribution is 6.04. The summed E-state index contributed by atoms with van der Waals surface area (Å²) in [5.74, 6) is 0.365. The molecule has 0 saturated carbocycles. The molecule has 1 aliphatic heterocycles. The third-order valence-corrected chi connectivity index (χ3v) is 7.83. The van der Waals surface area contributed by atoms with Crippen molar-refractivity contribution in [1.29, 1.82) is 5.26 Å². The van der Waals surface area contributed by atoms with E-state index in [4.69, 9.17) is 4.98 Å². The molecule has 214 valence electrons. The van der Waals surface area contributed by atoms with Gasteiger partial charge in [0.05, 0.1) is 23.0 Å². The van der Waals surface area contributed by atoms with Gasteiger partial charge in [0.15, 0.2) is 5.82 Å². The molecule has 0 atom stereocenters. The van der Waals surface area contributed by atoms with Gasteiger partial charge in [-0.2, -0.15) is 5.26 Å². The summed E-state index contributed by atoms with van der Waals surface area (Å²) in [6.07, 6.45) is 7.23. The number of aryl methyl sites for hydroxylation is 1. The van der Waals surface area contributed by atoms with Crippen LogP contribution in [-0.4, -0.2) is 68.9 Å². The van der Waals surface area contributed by atoms with Gasteiger partial charge < -0.3 is 15.2 Å². The summed E-state index contributed by atoms with van der Waals surface area (Å²) in [6, 6.07) is 21.0. The van der Waals surface area contributed by atoms with Crippen LogP contribution in [0.5, 0.6) is 0 Å². The lowest BCUT2D eigenvalue weighted by molar-refractivity contribution is 0.102. The van der Waals surface area contributed by atoms with Crippen LogP contribution in [0, 0.1) is 18.3 Å². The Morgan fingerprint density at radius 1 is 1.02 bits per heavy atom. The summed E-state index contributed by atoms with van der Waals surface area (Å²) in [5, 5.41) is 12.7. The molecule has 6 rings (SSSR count). The van der Waals surface area contributed by atoms with Crippen molar-refractivity contribution in [2.24, 2.45) is 0 Å². The number of H-pyrrole nitrogens is 1. The maximum Gasteiger partial charge on any atom is 0.255 e. The zero-order valence-electron chi connectivity index (χ0n) is 24.2. The van der Waals surface area contributed by atoms with Gasteiger partial charge in [0, 0.05) is 79.9 Å². The SMILES string of the molecule is Cc1c[nH]c(-c2ccc(NC(=O)c3ccc(CN4CCN(C)CC4)c(C#N)c3)cc2)c1-c1nccc(-c2cccnc2)n1. The van der Waals surface area contributed by atoms with Crippen molar-refractivity contribution in [2.75, 3.05) is 38.5 Å². The topological polar surface area (TPSA) is 114 Å². The predicted octanol–water partition coefficient (Wildman–Crippen LogP) is 5.38. The first-order valence-corrected chi connectivity index (χ1v) is 14.3. The number of piperazine rings is 1. The molecule has 3 aromatic heterocycles. The first-order chi connectivity index (χ1) is 21.0. The van der Waals surface area contributed by atoms with Gasteiger partial charge in [0.1, 0.15) is 0 Å². The summed E-state index contributed by atoms with van der Waals surface area (Å²) in [5.41, 5.74) is 8.10. The Bertz CT molecular complexity index is 1780. The number of benzene rings is 2. The molecule has 4 heterocycles. The number of nitrogens with zero attached hydrogens (tertiary/aromatic N) is 6. The number of nitrogens with one attached hydrogen (secondary N) is 2. The zero-order chi connectivity index (χ0) is 29.8. The number of aromatic amines is 1. The molecule has 0 spiro atoms. The fourth-order valence-corrected chi connectivity index (χ4v) is 5.32. The van der Waals surface area contributed by atoms with E-state index in [1.807, 2.05) is 61.7 Å². The molecular formula is C34H32N8O. The summed E-state index contributed by atoms with van der Waals surface area (Å²) >= 11 is 0. The zero-order valence-corrected chi connectivity index (χ0v) is 24.2. The molecule has 2 N–H and O–H groups in total. The molecule has 0 bridgehead atoms. The molecule has 1 amide bonds. The number of carbonyl (C=O) groups excluding carboxylic acids is 1. The Balaban J connectivity index is 1.17. The Kier molecular flexibility index (Phi) is 8.05. The number of anilines is 1. The molecule has 0 aliphatic carbocycles. The van der Waals surface area contributed by atoms with Crippen LogP contribution in [-0.2, 0) is 6.54 Å². The number of pyridine rings is 1. The van der Waals surface area contributed by atoms with E-state index in [-0.39, 0.29) is 5.91 Å². The number of hydrogen-bond donors (Lipinski definition) is 2. The van der Waals surface area contributed by atoms with Crippen LogP contribution < -0.4 is 5.32 Å². The lowest BCUT2D eigenvalue weighted by Gasteiger charge is -2.32. The molecule has 1 saturated heterocycles. The molecule has 0 unspecified atom stereocenters. The summed E-state index contributed by atoms with van der Waals surface area (Å²) in [4.78, 5) is 34.7. The molecule has 43 heavy (non-hydrogen) atoms. The van der Waals surface area contributed by atoms with Gasteiger partial charge in [-0.3, -0.25) is 14.7 Å². The second-order valence-electron chi connectivity index (χ2n) is 10.8. The molecule has 9 nitrogen and oxygen atoms in total. The second-order valence-corrected chi connectivity index (χ2v) is 10.8. The van der Waals surface area contributed by atoms with Crippen LogP contribution in [0.3, 0.4) is 0 Å². The maximum absolute atomic E-state index is 13.1. The average molecular weight is 569 g/mol. The average Bonchev–Trinajstić information content (AvgIpc) is 3.44. The van der Waals surface area contributed by atoms with E-state index in [0.717, 1.165) is 65.4 Å². The van der Waals surface area contributed by atoms with E-state index in [1.165, 1.54) is 0 Å². The molecule has 1 fully saturated rings. The predicted molar refractivity (Wildman–Crippen MR) is 167 cm³/mol. The quantitative estimate of drug-likeness (QED) is 0.271. The number of carbonyl (C=O) groups is 1. The summed E-state index contributed by atoms with van der Waals surface area (Å²) in [7, 11) is 2.12. The number of likely N-dealkylation sites (N-methyl/N-ethyl adjacent to an activating group) is 1. The largest absolute Gasteiger partial charge is 0.360 e. The Morgan fingerprint density at radius 2 is 1.84 bits per heavy atom. The lowest BCUT2D eigenvalue weighted by Crippen LogP contribution is -2.43. The summed E-state index contributed by atoms with van der Waals surface area (Å²) in [6.45, 7) is 6.69. The van der Waals surface area contributed by atoms with Crippen molar-refractivity contribution in [3.63, 3.8) is 0 Å². The monoisotopic (exact) mass is 568 g/mol. The minimum absolute atomic E-state index is 0.257. The normalized spacial score (nSPS) is 13.9. The Labute approximate surface area is 250 Å². The van der Waals surface area contributed by atoms with Gasteiger partial charge in [-0.15, -0.1) is 0 Å². The van der Waals surface area contributed by atoms with Crippen LogP contribution >= 0.6 is 0 Å². The molecule has 9 heteroatoms. The standard InChI is InChI=1S/C34H32N8O/c1-23-20-38-32(31(23)33-37-13-11-30(40-33)26-4-3-12-36-21-26)24-7-9-29(10-8-24)39-34(43)25-5-6-27(28(18-25)19-35)22-42-16-14-41(2)15-17-42/h3-13,18,20-21,38H,14-17,22H2,1-2H3,(H,39,43). The van der Waals surface area contributed by atoms with Crippen LogP contribution in [0.15, 0.2) is 85.5 Å². The smallest absolute Gasteiger partial charge is 0.255 e. The van der Waals surface area contributed by atoms with Crippen LogP contribution in [0.1, 0.15) is 27.0 Å². The fourth-order valence-electron chi connectivity index (χ4n) is 5.32. The van der Waals surface area contributed by atoms with Crippen molar-refractivity contribution in [3.05, 3.63) is 108 Å². The first kappa shape index (κ1) is 28.0. The highest BCUT2D eigenvalue weighted by Gasteiger charge is 2.18. The van der Waals surface area contributed by atoms with Gasteiger partial charge in [0.2, 0.25) is 0 Å². The van der Waals surface area contributed by atoms with Crippen molar-refractivity contribution in [3.8, 4) is 40.0 Å². The van der Waals surface area contributed by atoms with Crippen molar-refractivity contribution in [2.45, 2.75) is 13.5 Å². The molecule has 5 aromatic rings. The molecular weight excluding hydrogens is 536 g/mol. The minimum atomic E-state index is -0.257. The van der Waals surface area contributed by atoms with Gasteiger partial charge in [-0.1, -0.05) is 18.2 Å². The van der Waals surface area contributed by atoms with Gasteiger partial charge in [0.25, 0.3) is 5.91 Å². The molecule has 2 aromatic carbocycles. The van der Waals surface area contributed by atoms with E-state index in [9.17, 15) is 10.1 Å². The highest BCUT2D eigenvalue weighted by atomic mass is 16.1. The fraction of sp³-hybridized carbons (Fsp3) is 0.206. The number of nitriles is 1. The molecule has 1 aliphatic rings. The second kappa shape index (κ2) is 12.4.